The second-order valence-corrected chi connectivity index (χ2v) is 7.84. The smallest absolute Gasteiger partial charge is 0.215 e. The van der Waals surface area contributed by atoms with Crippen molar-refractivity contribution in [2.24, 2.45) is 5.92 Å². The summed E-state index contributed by atoms with van der Waals surface area (Å²) in [6, 6.07) is -0.171. The number of nitrogens with one attached hydrogen (secondary N) is 1. The van der Waals surface area contributed by atoms with Gasteiger partial charge in [0.05, 0.1) is 22.1 Å². The second kappa shape index (κ2) is 1.68. The Hall–Kier alpha value is 0.220. The van der Waals surface area contributed by atoms with E-state index in [-0.39, 0.29) is 22.0 Å². The van der Waals surface area contributed by atoms with Crippen molar-refractivity contribution in [3.8, 4) is 0 Å². The van der Waals surface area contributed by atoms with Gasteiger partial charge in [0.1, 0.15) is 0 Å². The van der Waals surface area contributed by atoms with Gasteiger partial charge in [-0.05, 0) is 6.42 Å². The molecule has 0 bridgehead atoms. The fourth-order valence-corrected chi connectivity index (χ4v) is 7.59. The lowest BCUT2D eigenvalue weighted by Crippen LogP contribution is -2.64. The molecule has 6 heteroatoms. The third kappa shape index (κ3) is 0.549. The van der Waals surface area contributed by atoms with E-state index in [2.05, 4.69) is 4.72 Å². The molecule has 2 saturated heterocycles. The van der Waals surface area contributed by atoms with Crippen molar-refractivity contribution in [1.29, 1.82) is 0 Å². The zero-order chi connectivity index (χ0) is 9.01. The first-order chi connectivity index (χ1) is 6.07. The van der Waals surface area contributed by atoms with Gasteiger partial charge in [-0.1, -0.05) is 0 Å². The SMILES string of the molecule is O=S1(=O)NC2C(O)C34SC3CC1C24. The van der Waals surface area contributed by atoms with Crippen molar-refractivity contribution < 1.29 is 13.5 Å². The van der Waals surface area contributed by atoms with Crippen molar-refractivity contribution in [2.75, 3.05) is 0 Å². The number of rotatable bonds is 0. The molecule has 0 radical (unpaired) electrons. The Kier molecular flexibility index (Phi) is 0.972. The van der Waals surface area contributed by atoms with Crippen LogP contribution in [0.1, 0.15) is 6.42 Å². The van der Waals surface area contributed by atoms with Crippen molar-refractivity contribution in [3.63, 3.8) is 0 Å². The lowest BCUT2D eigenvalue weighted by molar-refractivity contribution is 0.00181. The summed E-state index contributed by atoms with van der Waals surface area (Å²) >= 11 is 1.78. The molecule has 0 amide bonds. The summed E-state index contributed by atoms with van der Waals surface area (Å²) in [7, 11) is -3.10. The Labute approximate surface area is 80.1 Å². The average Bonchev–Trinajstić information content (AvgIpc) is 2.64. The van der Waals surface area contributed by atoms with E-state index in [9.17, 15) is 13.5 Å². The largest absolute Gasteiger partial charge is 0.390 e. The molecule has 6 unspecified atom stereocenters. The zero-order valence-electron chi connectivity index (χ0n) is 6.67. The number of thioether (sulfide) groups is 1. The molecule has 2 saturated carbocycles. The molecule has 4 nitrogen and oxygen atoms in total. The maximum Gasteiger partial charge on any atom is 0.215 e. The summed E-state index contributed by atoms with van der Waals surface area (Å²) in [5.74, 6) is 0.197. The van der Waals surface area contributed by atoms with Crippen LogP contribution in [0.25, 0.3) is 0 Å². The summed E-state index contributed by atoms with van der Waals surface area (Å²) in [4.78, 5) is 0. The Bertz CT molecular complexity index is 408. The molecule has 6 atom stereocenters. The molecule has 0 aromatic rings. The molecule has 13 heavy (non-hydrogen) atoms. The van der Waals surface area contributed by atoms with Gasteiger partial charge in [-0.2, -0.15) is 0 Å². The Morgan fingerprint density at radius 3 is 3.08 bits per heavy atom. The third-order valence-corrected chi connectivity index (χ3v) is 7.75. The summed E-state index contributed by atoms with van der Waals surface area (Å²) in [6.45, 7) is 0. The number of aliphatic hydroxyl groups excluding tert-OH is 1. The first kappa shape index (κ1) is 7.50. The molecule has 4 aliphatic rings. The Morgan fingerprint density at radius 2 is 2.31 bits per heavy atom. The zero-order valence-corrected chi connectivity index (χ0v) is 8.31. The molecule has 1 spiro atoms. The van der Waals surface area contributed by atoms with E-state index in [0.29, 0.717) is 5.25 Å². The lowest BCUT2D eigenvalue weighted by Gasteiger charge is -2.43. The van der Waals surface area contributed by atoms with E-state index < -0.39 is 16.1 Å². The Balaban J connectivity index is 1.91. The van der Waals surface area contributed by atoms with E-state index in [1.54, 1.807) is 11.8 Å². The normalized spacial score (nSPS) is 69.8. The highest BCUT2D eigenvalue weighted by molar-refractivity contribution is 8.09. The van der Waals surface area contributed by atoms with Gasteiger partial charge in [0.2, 0.25) is 10.0 Å². The highest BCUT2D eigenvalue weighted by Gasteiger charge is 2.85. The van der Waals surface area contributed by atoms with Gasteiger partial charge >= 0.3 is 0 Å². The quantitative estimate of drug-likeness (QED) is 0.508. The van der Waals surface area contributed by atoms with E-state index >= 15 is 0 Å². The van der Waals surface area contributed by atoms with Crippen LogP contribution in [0.4, 0.5) is 0 Å². The molecule has 4 fully saturated rings. The lowest BCUT2D eigenvalue weighted by atomic mass is 9.69. The summed E-state index contributed by atoms with van der Waals surface area (Å²) in [5, 5.41) is 10.0. The number of hydrogen-bond donors (Lipinski definition) is 2. The van der Waals surface area contributed by atoms with Crippen LogP contribution in [0.3, 0.4) is 0 Å². The van der Waals surface area contributed by atoms with Crippen LogP contribution >= 0.6 is 11.8 Å². The van der Waals surface area contributed by atoms with Crippen LogP contribution in [0.2, 0.25) is 0 Å². The molecule has 0 aromatic heterocycles. The molecule has 4 rings (SSSR count). The van der Waals surface area contributed by atoms with Gasteiger partial charge in [-0.25, -0.2) is 13.1 Å². The van der Waals surface area contributed by atoms with Crippen molar-refractivity contribution in [1.82, 2.24) is 4.72 Å². The second-order valence-electron chi connectivity index (χ2n) is 4.39. The van der Waals surface area contributed by atoms with E-state index in [0.717, 1.165) is 6.42 Å². The first-order valence-corrected chi connectivity index (χ1v) is 6.87. The molecule has 2 N–H and O–H groups in total. The Morgan fingerprint density at radius 1 is 1.54 bits per heavy atom. The van der Waals surface area contributed by atoms with Gasteiger partial charge in [-0.3, -0.25) is 0 Å². The maximum atomic E-state index is 11.6. The van der Waals surface area contributed by atoms with Crippen LogP contribution in [0, 0.1) is 5.92 Å². The molecule has 2 aliphatic heterocycles. The van der Waals surface area contributed by atoms with Crippen LogP contribution in [-0.4, -0.2) is 40.9 Å². The van der Waals surface area contributed by atoms with Gasteiger partial charge in [0.15, 0.2) is 0 Å². The van der Waals surface area contributed by atoms with Gasteiger partial charge in [0.25, 0.3) is 0 Å². The topological polar surface area (TPSA) is 66.4 Å². The number of hydrogen-bond acceptors (Lipinski definition) is 4. The monoisotopic (exact) mass is 219 g/mol. The fourth-order valence-electron chi connectivity index (χ4n) is 3.45. The average molecular weight is 219 g/mol. The van der Waals surface area contributed by atoms with Crippen LogP contribution in [-0.2, 0) is 10.0 Å². The standard InChI is InChI=1S/C7H9NO3S2/c9-6-5-4-2(13(10,11)8-5)1-3-7(4,6)12-3/h2-6,8-9H,1H2. The summed E-state index contributed by atoms with van der Waals surface area (Å²) in [5.41, 5.74) is 0. The molecule has 2 aliphatic carbocycles. The highest BCUT2D eigenvalue weighted by Crippen LogP contribution is 2.77. The first-order valence-electron chi connectivity index (χ1n) is 4.44. The summed E-state index contributed by atoms with van der Waals surface area (Å²) in [6.07, 6.45) is 0.313. The number of aliphatic hydroxyl groups is 1. The predicted octanol–water partition coefficient (Wildman–Crippen LogP) is -1.09. The molecular weight excluding hydrogens is 210 g/mol. The van der Waals surface area contributed by atoms with Crippen LogP contribution < -0.4 is 4.72 Å². The molecule has 2 heterocycles. The molecule has 0 aromatic carbocycles. The van der Waals surface area contributed by atoms with E-state index in [1.807, 2.05) is 0 Å². The maximum absolute atomic E-state index is 11.6. The van der Waals surface area contributed by atoms with Crippen molar-refractivity contribution in [2.45, 2.75) is 33.8 Å². The minimum atomic E-state index is -3.10. The predicted molar refractivity (Wildman–Crippen MR) is 47.9 cm³/mol. The molecular formula is C7H9NO3S2. The van der Waals surface area contributed by atoms with Gasteiger partial charge in [0, 0.05) is 11.2 Å². The highest BCUT2D eigenvalue weighted by atomic mass is 32.2. The van der Waals surface area contributed by atoms with Gasteiger partial charge in [-0.15, -0.1) is 11.8 Å². The van der Waals surface area contributed by atoms with Crippen molar-refractivity contribution in [3.05, 3.63) is 0 Å². The van der Waals surface area contributed by atoms with Crippen molar-refractivity contribution >= 4 is 21.8 Å². The van der Waals surface area contributed by atoms with Crippen LogP contribution in [0.15, 0.2) is 0 Å². The summed E-state index contributed by atoms with van der Waals surface area (Å²) < 4.78 is 25.6. The fraction of sp³-hybridized carbons (Fsp3) is 1.00. The number of sulfonamides is 1. The minimum Gasteiger partial charge on any atom is -0.390 e. The third-order valence-electron chi connectivity index (χ3n) is 4.05. The van der Waals surface area contributed by atoms with E-state index in [4.69, 9.17) is 0 Å². The molecule has 72 valence electrons. The van der Waals surface area contributed by atoms with Gasteiger partial charge < -0.3 is 5.11 Å². The van der Waals surface area contributed by atoms with E-state index in [1.165, 1.54) is 0 Å². The minimum absolute atomic E-state index is 0.0497. The van der Waals surface area contributed by atoms with Crippen LogP contribution in [0.5, 0.6) is 0 Å².